The molecule has 162 valence electrons. The molecule has 0 aliphatic carbocycles. The first-order valence-corrected chi connectivity index (χ1v) is 10.9. The van der Waals surface area contributed by atoms with Gasteiger partial charge in [0.1, 0.15) is 13.2 Å². The number of amides is 1. The highest BCUT2D eigenvalue weighted by atomic mass is 35.5. The van der Waals surface area contributed by atoms with Gasteiger partial charge in [0.15, 0.2) is 11.5 Å². The molecule has 31 heavy (non-hydrogen) atoms. The van der Waals surface area contributed by atoms with Gasteiger partial charge in [0.2, 0.25) is 5.91 Å². The molecule has 0 fully saturated rings. The molecule has 3 aromatic rings. The standard InChI is InChI=1S/C24H26ClN3O3/c1-17(15-28-16-20(25)14-26-28)24(29)27-21(9-7-18-5-3-2-4-6-18)19-8-10-22-23(13-19)31-12-11-30-22/h2-6,8,10,13-14,16-17,21H,7,9,11-12,15H2,1H3,(H,27,29)/t17-,21-/m1/s1. The minimum Gasteiger partial charge on any atom is -0.486 e. The normalized spacial score (nSPS) is 14.6. The van der Waals surface area contributed by atoms with E-state index in [4.69, 9.17) is 21.1 Å². The molecule has 0 unspecified atom stereocenters. The number of rotatable bonds is 8. The zero-order valence-corrected chi connectivity index (χ0v) is 18.2. The van der Waals surface area contributed by atoms with Crippen LogP contribution in [0.15, 0.2) is 60.9 Å². The summed E-state index contributed by atoms with van der Waals surface area (Å²) in [4.78, 5) is 13.0. The van der Waals surface area contributed by atoms with Gasteiger partial charge in [-0.3, -0.25) is 9.48 Å². The van der Waals surface area contributed by atoms with Crippen molar-refractivity contribution in [3.63, 3.8) is 0 Å². The minimum atomic E-state index is -0.257. The van der Waals surface area contributed by atoms with E-state index in [1.807, 2.05) is 43.3 Å². The number of aromatic nitrogens is 2. The van der Waals surface area contributed by atoms with Crippen molar-refractivity contribution in [3.8, 4) is 11.5 Å². The molecule has 7 heteroatoms. The molecule has 2 atom stereocenters. The van der Waals surface area contributed by atoms with Crippen molar-refractivity contribution in [2.75, 3.05) is 13.2 Å². The molecule has 2 heterocycles. The molecular weight excluding hydrogens is 414 g/mol. The lowest BCUT2D eigenvalue weighted by Crippen LogP contribution is -2.35. The number of carbonyl (C=O) groups is 1. The molecule has 4 rings (SSSR count). The van der Waals surface area contributed by atoms with Gasteiger partial charge in [0.05, 0.1) is 29.7 Å². The van der Waals surface area contributed by atoms with Gasteiger partial charge >= 0.3 is 0 Å². The molecule has 1 aliphatic rings. The van der Waals surface area contributed by atoms with Crippen LogP contribution in [0.5, 0.6) is 11.5 Å². The van der Waals surface area contributed by atoms with Crippen LogP contribution < -0.4 is 14.8 Å². The summed E-state index contributed by atoms with van der Waals surface area (Å²) in [6.07, 6.45) is 4.92. The van der Waals surface area contributed by atoms with E-state index in [1.165, 1.54) is 5.56 Å². The number of ether oxygens (including phenoxy) is 2. The van der Waals surface area contributed by atoms with Gasteiger partial charge in [-0.05, 0) is 36.1 Å². The molecule has 0 saturated heterocycles. The van der Waals surface area contributed by atoms with Crippen molar-refractivity contribution in [3.05, 3.63) is 77.1 Å². The average Bonchev–Trinajstić information content (AvgIpc) is 3.21. The summed E-state index contributed by atoms with van der Waals surface area (Å²) in [6, 6.07) is 16.0. The molecule has 6 nitrogen and oxygen atoms in total. The molecule has 0 bridgehead atoms. The van der Waals surface area contributed by atoms with Crippen LogP contribution in [0.3, 0.4) is 0 Å². The Balaban J connectivity index is 1.49. The summed E-state index contributed by atoms with van der Waals surface area (Å²) in [7, 11) is 0. The Morgan fingerprint density at radius 2 is 1.94 bits per heavy atom. The number of benzene rings is 2. The lowest BCUT2D eigenvalue weighted by molar-refractivity contribution is -0.125. The molecule has 0 radical (unpaired) electrons. The van der Waals surface area contributed by atoms with Gasteiger partial charge in [-0.2, -0.15) is 5.10 Å². The third-order valence-corrected chi connectivity index (χ3v) is 5.56. The number of nitrogens with one attached hydrogen (secondary N) is 1. The van der Waals surface area contributed by atoms with E-state index >= 15 is 0 Å². The fourth-order valence-corrected chi connectivity index (χ4v) is 3.83. The quantitative estimate of drug-likeness (QED) is 0.563. The van der Waals surface area contributed by atoms with Crippen LogP contribution in [0, 0.1) is 5.92 Å². The van der Waals surface area contributed by atoms with Gasteiger partial charge in [0, 0.05) is 6.20 Å². The van der Waals surface area contributed by atoms with Gasteiger partial charge in [0.25, 0.3) is 0 Å². The Kier molecular flexibility index (Phi) is 6.77. The number of hydrogen-bond acceptors (Lipinski definition) is 4. The van der Waals surface area contributed by atoms with Gasteiger partial charge in [-0.15, -0.1) is 0 Å². The Bertz CT molecular complexity index is 1020. The highest BCUT2D eigenvalue weighted by molar-refractivity contribution is 6.30. The first kappa shape index (κ1) is 21.2. The van der Waals surface area contributed by atoms with E-state index in [2.05, 4.69) is 22.5 Å². The fourth-order valence-electron chi connectivity index (χ4n) is 3.67. The van der Waals surface area contributed by atoms with E-state index in [1.54, 1.807) is 17.1 Å². The predicted octanol–water partition coefficient (Wildman–Crippen LogP) is 4.43. The maximum atomic E-state index is 13.0. The Morgan fingerprint density at radius 1 is 1.16 bits per heavy atom. The van der Waals surface area contributed by atoms with E-state index in [-0.39, 0.29) is 17.9 Å². The van der Waals surface area contributed by atoms with Crippen molar-refractivity contribution in [1.29, 1.82) is 0 Å². The SMILES string of the molecule is C[C@H](Cn1cc(Cl)cn1)C(=O)N[C@H](CCc1ccccc1)c1ccc2c(c1)OCCO2. The number of aryl methyl sites for hydroxylation is 1. The Labute approximate surface area is 187 Å². The lowest BCUT2D eigenvalue weighted by Gasteiger charge is -2.24. The second-order valence-electron chi connectivity index (χ2n) is 7.77. The zero-order chi connectivity index (χ0) is 21.6. The summed E-state index contributed by atoms with van der Waals surface area (Å²) < 4.78 is 13.1. The first-order chi connectivity index (χ1) is 15.1. The van der Waals surface area contributed by atoms with Crippen molar-refractivity contribution in [2.24, 2.45) is 5.92 Å². The van der Waals surface area contributed by atoms with Crippen molar-refractivity contribution in [2.45, 2.75) is 32.4 Å². The molecule has 1 N–H and O–H groups in total. The van der Waals surface area contributed by atoms with E-state index < -0.39 is 0 Å². The molecular formula is C24H26ClN3O3. The van der Waals surface area contributed by atoms with Crippen LogP contribution in [0.4, 0.5) is 0 Å². The molecule has 2 aromatic carbocycles. The first-order valence-electron chi connectivity index (χ1n) is 10.5. The van der Waals surface area contributed by atoms with Gasteiger partial charge < -0.3 is 14.8 Å². The van der Waals surface area contributed by atoms with Gasteiger partial charge in [-0.25, -0.2) is 0 Å². The molecule has 1 aliphatic heterocycles. The topological polar surface area (TPSA) is 65.4 Å². The summed E-state index contributed by atoms with van der Waals surface area (Å²) in [5.41, 5.74) is 2.24. The second-order valence-corrected chi connectivity index (χ2v) is 8.21. The van der Waals surface area contributed by atoms with Crippen LogP contribution in [0.25, 0.3) is 0 Å². The average molecular weight is 440 g/mol. The van der Waals surface area contributed by atoms with Crippen LogP contribution in [-0.2, 0) is 17.8 Å². The zero-order valence-electron chi connectivity index (χ0n) is 17.5. The molecule has 0 saturated carbocycles. The van der Waals surface area contributed by atoms with Crippen molar-refractivity contribution >= 4 is 17.5 Å². The largest absolute Gasteiger partial charge is 0.486 e. The lowest BCUT2D eigenvalue weighted by atomic mass is 9.97. The van der Waals surface area contributed by atoms with E-state index in [0.717, 1.165) is 29.9 Å². The summed E-state index contributed by atoms with van der Waals surface area (Å²) in [5.74, 6) is 1.18. The second kappa shape index (κ2) is 9.88. The summed E-state index contributed by atoms with van der Waals surface area (Å²) >= 11 is 5.94. The highest BCUT2D eigenvalue weighted by Gasteiger charge is 2.22. The number of halogens is 1. The van der Waals surface area contributed by atoms with E-state index in [0.29, 0.717) is 24.8 Å². The Hall–Kier alpha value is -2.99. The van der Waals surface area contributed by atoms with Crippen LogP contribution in [0.1, 0.15) is 30.5 Å². The van der Waals surface area contributed by atoms with Crippen molar-refractivity contribution < 1.29 is 14.3 Å². The summed E-state index contributed by atoms with van der Waals surface area (Å²) in [6.45, 7) is 3.44. The number of carbonyl (C=O) groups excluding carboxylic acids is 1. The smallest absolute Gasteiger partial charge is 0.225 e. The van der Waals surface area contributed by atoms with Crippen LogP contribution >= 0.6 is 11.6 Å². The molecule has 1 amide bonds. The third kappa shape index (κ3) is 5.58. The third-order valence-electron chi connectivity index (χ3n) is 5.36. The molecule has 0 spiro atoms. The monoisotopic (exact) mass is 439 g/mol. The van der Waals surface area contributed by atoms with Crippen molar-refractivity contribution in [1.82, 2.24) is 15.1 Å². The number of nitrogens with zero attached hydrogens (tertiary/aromatic N) is 2. The predicted molar refractivity (Wildman–Crippen MR) is 119 cm³/mol. The van der Waals surface area contributed by atoms with Gasteiger partial charge in [-0.1, -0.05) is 54.9 Å². The Morgan fingerprint density at radius 3 is 2.68 bits per heavy atom. The minimum absolute atomic E-state index is 0.0282. The maximum Gasteiger partial charge on any atom is 0.225 e. The van der Waals surface area contributed by atoms with Crippen LogP contribution in [0.2, 0.25) is 5.02 Å². The molecule has 1 aromatic heterocycles. The van der Waals surface area contributed by atoms with Crippen LogP contribution in [-0.4, -0.2) is 28.9 Å². The number of hydrogen-bond donors (Lipinski definition) is 1. The maximum absolute atomic E-state index is 13.0. The van der Waals surface area contributed by atoms with E-state index in [9.17, 15) is 4.79 Å². The number of fused-ring (bicyclic) bond motifs is 1. The fraction of sp³-hybridized carbons (Fsp3) is 0.333. The summed E-state index contributed by atoms with van der Waals surface area (Å²) in [5, 5.41) is 7.96. The highest BCUT2D eigenvalue weighted by Crippen LogP contribution is 2.33.